The van der Waals surface area contributed by atoms with Crippen molar-refractivity contribution >= 4 is 32.7 Å². The molecule has 2 heterocycles. The zero-order chi connectivity index (χ0) is 24.1. The fourth-order valence-corrected chi connectivity index (χ4v) is 5.81. The Morgan fingerprint density at radius 1 is 1.24 bits per heavy atom. The summed E-state index contributed by atoms with van der Waals surface area (Å²) in [5, 5.41) is 16.5. The number of benzene rings is 2. The first-order valence-corrected chi connectivity index (χ1v) is 13.5. The number of ether oxygens (including phenoxy) is 1. The minimum Gasteiger partial charge on any atom is -0.504 e. The molecule has 2 N–H and O–H groups in total. The monoisotopic (exact) mass is 500 g/mol. The highest BCUT2D eigenvalue weighted by atomic mass is 32.2. The molecule has 1 aliphatic rings. The maximum Gasteiger partial charge on any atom is 0.243 e. The molecule has 1 aromatic heterocycles. The summed E-state index contributed by atoms with van der Waals surface area (Å²) in [5.41, 5.74) is 5.24. The number of piperidine rings is 1. The van der Waals surface area contributed by atoms with Crippen LogP contribution >= 0.6 is 11.3 Å². The maximum absolute atomic E-state index is 12.9. The normalized spacial score (nSPS) is 15.6. The molecule has 0 saturated carbocycles. The Balaban J connectivity index is 1.40. The number of aromatic hydroxyl groups is 1. The van der Waals surface area contributed by atoms with Crippen LogP contribution in [0, 0.1) is 5.92 Å². The first-order valence-electron chi connectivity index (χ1n) is 11.2. The van der Waals surface area contributed by atoms with Crippen molar-refractivity contribution in [1.82, 2.24) is 9.29 Å². The molecule has 2 aromatic carbocycles. The van der Waals surface area contributed by atoms with Crippen molar-refractivity contribution in [1.29, 1.82) is 0 Å². The van der Waals surface area contributed by atoms with Gasteiger partial charge in [0.15, 0.2) is 11.5 Å². The molecule has 180 valence electrons. The Labute approximate surface area is 204 Å². The lowest BCUT2D eigenvalue weighted by Crippen LogP contribution is -2.37. The second-order valence-electron chi connectivity index (χ2n) is 8.18. The van der Waals surface area contributed by atoms with E-state index in [9.17, 15) is 13.5 Å². The molecule has 0 atom stereocenters. The maximum atomic E-state index is 12.9. The number of thiazole rings is 1. The molecule has 10 heteroatoms. The summed E-state index contributed by atoms with van der Waals surface area (Å²) in [6.07, 6.45) is 3.41. The lowest BCUT2D eigenvalue weighted by molar-refractivity contribution is 0.288. The Morgan fingerprint density at radius 2 is 1.97 bits per heavy atom. The van der Waals surface area contributed by atoms with E-state index in [1.807, 2.05) is 12.3 Å². The van der Waals surface area contributed by atoms with Crippen LogP contribution in [0.4, 0.5) is 5.13 Å². The fraction of sp³-hybridized carbons (Fsp3) is 0.333. The molecule has 1 fully saturated rings. The van der Waals surface area contributed by atoms with Crippen molar-refractivity contribution in [3.05, 3.63) is 53.4 Å². The number of anilines is 1. The van der Waals surface area contributed by atoms with Gasteiger partial charge in [-0.15, -0.1) is 11.3 Å². The van der Waals surface area contributed by atoms with Crippen molar-refractivity contribution in [2.45, 2.75) is 31.6 Å². The molecule has 0 unspecified atom stereocenters. The van der Waals surface area contributed by atoms with Crippen LogP contribution in [0.5, 0.6) is 11.5 Å². The number of nitrogens with zero attached hydrogens (tertiary/aromatic N) is 3. The number of sulfonamides is 1. The van der Waals surface area contributed by atoms with Crippen molar-refractivity contribution in [2.24, 2.45) is 11.0 Å². The SMILES string of the molecule is CCOc1cc(/C=N/Nc2nc(-c3ccc(S(=O)(=O)N4CCC(C)CC4)cc3)cs2)ccc1O. The van der Waals surface area contributed by atoms with Gasteiger partial charge in [-0.2, -0.15) is 9.41 Å². The first kappa shape index (κ1) is 24.2. The molecule has 1 aliphatic heterocycles. The van der Waals surface area contributed by atoms with Crippen molar-refractivity contribution in [2.75, 3.05) is 25.1 Å². The summed E-state index contributed by atoms with van der Waals surface area (Å²) >= 11 is 1.40. The number of rotatable bonds is 8. The van der Waals surface area contributed by atoms with Crippen LogP contribution in [-0.2, 0) is 10.0 Å². The first-order chi connectivity index (χ1) is 16.4. The van der Waals surface area contributed by atoms with Gasteiger partial charge in [0.25, 0.3) is 0 Å². The number of aromatic nitrogens is 1. The van der Waals surface area contributed by atoms with E-state index in [0.717, 1.165) is 29.7 Å². The third-order valence-corrected chi connectivity index (χ3v) is 8.35. The molecule has 8 nitrogen and oxygen atoms in total. The average Bonchev–Trinajstić information content (AvgIpc) is 3.31. The predicted octanol–water partition coefficient (Wildman–Crippen LogP) is 4.78. The molecule has 0 spiro atoms. The van der Waals surface area contributed by atoms with Crippen molar-refractivity contribution < 1.29 is 18.3 Å². The van der Waals surface area contributed by atoms with Gasteiger partial charge in [0.1, 0.15) is 0 Å². The molecular formula is C24H28N4O4S2. The summed E-state index contributed by atoms with van der Waals surface area (Å²) in [6, 6.07) is 11.9. The van der Waals surface area contributed by atoms with E-state index < -0.39 is 10.0 Å². The van der Waals surface area contributed by atoms with E-state index in [2.05, 4.69) is 22.4 Å². The van der Waals surface area contributed by atoms with E-state index in [0.29, 0.717) is 41.4 Å². The summed E-state index contributed by atoms with van der Waals surface area (Å²) in [6.45, 7) is 5.61. The van der Waals surface area contributed by atoms with E-state index >= 15 is 0 Å². The number of hydrazone groups is 1. The molecule has 0 aliphatic carbocycles. The van der Waals surface area contributed by atoms with Gasteiger partial charge in [0.2, 0.25) is 15.2 Å². The van der Waals surface area contributed by atoms with Crippen LogP contribution in [0.1, 0.15) is 32.3 Å². The van der Waals surface area contributed by atoms with Gasteiger partial charge < -0.3 is 9.84 Å². The summed E-state index contributed by atoms with van der Waals surface area (Å²) in [4.78, 5) is 4.84. The van der Waals surface area contributed by atoms with Gasteiger partial charge in [0, 0.05) is 24.0 Å². The largest absolute Gasteiger partial charge is 0.504 e. The topological polar surface area (TPSA) is 104 Å². The third kappa shape index (κ3) is 5.57. The molecule has 0 radical (unpaired) electrons. The minimum absolute atomic E-state index is 0.0841. The van der Waals surface area contributed by atoms with E-state index in [1.165, 1.54) is 11.3 Å². The Morgan fingerprint density at radius 3 is 2.68 bits per heavy atom. The third-order valence-electron chi connectivity index (χ3n) is 5.69. The summed E-state index contributed by atoms with van der Waals surface area (Å²) in [7, 11) is -3.47. The van der Waals surface area contributed by atoms with Crippen molar-refractivity contribution in [3.8, 4) is 22.8 Å². The molecular weight excluding hydrogens is 472 g/mol. The molecule has 0 bridgehead atoms. The Bertz CT molecular complexity index is 1250. The van der Waals surface area contributed by atoms with Gasteiger partial charge >= 0.3 is 0 Å². The van der Waals surface area contributed by atoms with Gasteiger partial charge in [-0.05, 0) is 61.6 Å². The quantitative estimate of drug-likeness (QED) is 0.341. The number of nitrogens with one attached hydrogen (secondary N) is 1. The van der Waals surface area contributed by atoms with Crippen LogP contribution < -0.4 is 10.2 Å². The van der Waals surface area contributed by atoms with Crippen LogP contribution in [0.2, 0.25) is 0 Å². The number of phenolic OH excluding ortho intramolecular Hbond substituents is 1. The Kier molecular flexibility index (Phi) is 7.50. The van der Waals surface area contributed by atoms with Crippen LogP contribution in [-0.4, -0.2) is 48.7 Å². The highest BCUT2D eigenvalue weighted by Crippen LogP contribution is 2.29. The van der Waals surface area contributed by atoms with Gasteiger partial charge in [-0.1, -0.05) is 19.1 Å². The average molecular weight is 501 g/mol. The Hall–Kier alpha value is -2.95. The van der Waals surface area contributed by atoms with E-state index in [1.54, 1.807) is 53.0 Å². The molecule has 0 amide bonds. The lowest BCUT2D eigenvalue weighted by Gasteiger charge is -2.29. The summed E-state index contributed by atoms with van der Waals surface area (Å²) in [5.74, 6) is 1.06. The van der Waals surface area contributed by atoms with E-state index in [-0.39, 0.29) is 5.75 Å². The van der Waals surface area contributed by atoms with Crippen LogP contribution in [0.3, 0.4) is 0 Å². The molecule has 1 saturated heterocycles. The number of hydrogen-bond donors (Lipinski definition) is 2. The second kappa shape index (κ2) is 10.5. The van der Waals surface area contributed by atoms with Gasteiger partial charge in [-0.3, -0.25) is 5.43 Å². The number of hydrogen-bond acceptors (Lipinski definition) is 8. The molecule has 4 rings (SSSR count). The van der Waals surface area contributed by atoms with Crippen LogP contribution in [0.15, 0.2) is 57.8 Å². The molecule has 3 aromatic rings. The standard InChI is InChI=1S/C24H28N4O4S2/c1-3-32-23-14-18(4-9-22(23)29)15-25-27-24-26-21(16-33-24)19-5-7-20(8-6-19)34(30,31)28-12-10-17(2)11-13-28/h4-9,14-17,29H,3,10-13H2,1-2H3,(H,26,27)/b25-15+. The zero-order valence-electron chi connectivity index (χ0n) is 19.1. The van der Waals surface area contributed by atoms with E-state index in [4.69, 9.17) is 4.74 Å². The lowest BCUT2D eigenvalue weighted by atomic mass is 10.0. The fourth-order valence-electron chi connectivity index (χ4n) is 3.67. The number of phenols is 1. The highest BCUT2D eigenvalue weighted by molar-refractivity contribution is 7.89. The highest BCUT2D eigenvalue weighted by Gasteiger charge is 2.28. The van der Waals surface area contributed by atoms with Gasteiger partial charge in [-0.25, -0.2) is 13.4 Å². The summed E-state index contributed by atoms with van der Waals surface area (Å²) < 4.78 is 32.8. The van der Waals surface area contributed by atoms with Crippen LogP contribution in [0.25, 0.3) is 11.3 Å². The van der Waals surface area contributed by atoms with Crippen molar-refractivity contribution in [3.63, 3.8) is 0 Å². The zero-order valence-corrected chi connectivity index (χ0v) is 20.8. The van der Waals surface area contributed by atoms with Gasteiger partial charge in [0.05, 0.1) is 23.4 Å². The molecule has 34 heavy (non-hydrogen) atoms. The predicted molar refractivity (Wildman–Crippen MR) is 135 cm³/mol. The second-order valence-corrected chi connectivity index (χ2v) is 11.0. The smallest absolute Gasteiger partial charge is 0.243 e. The minimum atomic E-state index is -3.47.